The van der Waals surface area contributed by atoms with Crippen LogP contribution < -0.4 is 14.4 Å². The summed E-state index contributed by atoms with van der Waals surface area (Å²) in [5.41, 5.74) is 6.53. The molecule has 1 atom stereocenters. The molecule has 2 aliphatic rings. The van der Waals surface area contributed by atoms with E-state index in [-0.39, 0.29) is 0 Å². The molecule has 6 heteroatoms. The molecule has 176 valence electrons. The third-order valence-electron chi connectivity index (χ3n) is 6.88. The van der Waals surface area contributed by atoms with E-state index in [0.29, 0.717) is 6.10 Å². The van der Waals surface area contributed by atoms with Crippen molar-refractivity contribution in [3.8, 4) is 22.8 Å². The molecule has 1 unspecified atom stereocenters. The molecule has 0 amide bonds. The molecule has 1 aromatic carbocycles. The highest BCUT2D eigenvalue weighted by Crippen LogP contribution is 2.42. The van der Waals surface area contributed by atoms with E-state index in [1.54, 1.807) is 14.2 Å². The van der Waals surface area contributed by atoms with Crippen molar-refractivity contribution >= 4 is 11.2 Å². The lowest BCUT2D eigenvalue weighted by molar-refractivity contribution is 0.115. The highest BCUT2D eigenvalue weighted by Gasteiger charge is 2.30. The van der Waals surface area contributed by atoms with E-state index < -0.39 is 0 Å². The first-order valence-corrected chi connectivity index (χ1v) is 12.2. The highest BCUT2D eigenvalue weighted by molar-refractivity contribution is 5.82. The molecule has 2 fully saturated rings. The van der Waals surface area contributed by atoms with Gasteiger partial charge in [0, 0.05) is 19.7 Å². The van der Waals surface area contributed by atoms with Crippen LogP contribution >= 0.6 is 0 Å². The molecule has 1 saturated heterocycles. The molecule has 0 bridgehead atoms. The standard InChI is InChI=1S/C27H35N3O3/c1-5-21-27(29(16-19-11-12-19)17-20-8-7-13-33-20)23-10-6-9-22(30(23)28-21)26-24(31-3)14-18(2)15-25(26)32-4/h6,9-10,14-15,19-20H,5,7-8,11-13,16-17H2,1-4H3. The zero-order valence-electron chi connectivity index (χ0n) is 20.3. The molecule has 2 aromatic heterocycles. The number of methoxy groups -OCH3 is 2. The van der Waals surface area contributed by atoms with E-state index >= 15 is 0 Å². The number of pyridine rings is 1. The molecular formula is C27H35N3O3. The van der Waals surface area contributed by atoms with Crippen LogP contribution in [0.2, 0.25) is 0 Å². The van der Waals surface area contributed by atoms with E-state index in [2.05, 4.69) is 53.6 Å². The van der Waals surface area contributed by atoms with Crippen LogP contribution in [0.25, 0.3) is 16.8 Å². The second-order valence-corrected chi connectivity index (χ2v) is 9.38. The molecule has 6 nitrogen and oxygen atoms in total. The van der Waals surface area contributed by atoms with Gasteiger partial charge in [-0.05, 0) is 74.8 Å². The predicted molar refractivity (Wildman–Crippen MR) is 132 cm³/mol. The van der Waals surface area contributed by atoms with Crippen molar-refractivity contribution in [1.82, 2.24) is 9.61 Å². The number of rotatable bonds is 9. The van der Waals surface area contributed by atoms with Gasteiger partial charge in [0.1, 0.15) is 11.5 Å². The second kappa shape index (κ2) is 9.26. The molecule has 33 heavy (non-hydrogen) atoms. The topological polar surface area (TPSA) is 48.2 Å². The van der Waals surface area contributed by atoms with E-state index in [1.807, 2.05) is 0 Å². The van der Waals surface area contributed by atoms with Crippen molar-refractivity contribution in [3.05, 3.63) is 41.6 Å². The highest BCUT2D eigenvalue weighted by atomic mass is 16.5. The smallest absolute Gasteiger partial charge is 0.132 e. The lowest BCUT2D eigenvalue weighted by atomic mass is 10.1. The van der Waals surface area contributed by atoms with Gasteiger partial charge in [-0.3, -0.25) is 0 Å². The van der Waals surface area contributed by atoms with Gasteiger partial charge in [-0.2, -0.15) is 5.10 Å². The van der Waals surface area contributed by atoms with Gasteiger partial charge in [-0.1, -0.05) is 13.0 Å². The quantitative estimate of drug-likeness (QED) is 0.445. The Morgan fingerprint density at radius 1 is 1.09 bits per heavy atom. The first-order valence-electron chi connectivity index (χ1n) is 12.2. The second-order valence-electron chi connectivity index (χ2n) is 9.38. The van der Waals surface area contributed by atoms with Gasteiger partial charge in [0.15, 0.2) is 0 Å². The number of anilines is 1. The average molecular weight is 450 g/mol. The van der Waals surface area contributed by atoms with Crippen molar-refractivity contribution in [3.63, 3.8) is 0 Å². The van der Waals surface area contributed by atoms with Crippen molar-refractivity contribution in [2.75, 3.05) is 38.8 Å². The summed E-state index contributed by atoms with van der Waals surface area (Å²) >= 11 is 0. The Kier molecular flexibility index (Phi) is 6.19. The Labute approximate surface area is 196 Å². The molecule has 0 radical (unpaired) electrons. The minimum atomic E-state index is 0.309. The van der Waals surface area contributed by atoms with Gasteiger partial charge in [-0.25, -0.2) is 4.52 Å². The fraction of sp³-hybridized carbons (Fsp3) is 0.519. The van der Waals surface area contributed by atoms with Crippen molar-refractivity contribution < 1.29 is 14.2 Å². The average Bonchev–Trinajstić information content (AvgIpc) is 3.34. The number of ether oxygens (including phenoxy) is 3. The van der Waals surface area contributed by atoms with Gasteiger partial charge in [0.05, 0.1) is 48.5 Å². The lowest BCUT2D eigenvalue weighted by Crippen LogP contribution is -2.34. The van der Waals surface area contributed by atoms with Crippen LogP contribution in [0.1, 0.15) is 43.9 Å². The predicted octanol–water partition coefficient (Wildman–Crippen LogP) is 5.28. The Balaban J connectivity index is 1.66. The molecule has 1 aliphatic carbocycles. The molecule has 5 rings (SSSR count). The maximum atomic E-state index is 6.03. The summed E-state index contributed by atoms with van der Waals surface area (Å²) in [5.74, 6) is 2.37. The van der Waals surface area contributed by atoms with Gasteiger partial charge >= 0.3 is 0 Å². The van der Waals surface area contributed by atoms with Crippen molar-refractivity contribution in [2.24, 2.45) is 5.92 Å². The number of aryl methyl sites for hydroxylation is 2. The zero-order chi connectivity index (χ0) is 22.9. The Morgan fingerprint density at radius 3 is 2.45 bits per heavy atom. The number of hydrogen-bond acceptors (Lipinski definition) is 5. The van der Waals surface area contributed by atoms with Crippen LogP contribution in [0.5, 0.6) is 11.5 Å². The maximum Gasteiger partial charge on any atom is 0.132 e. The summed E-state index contributed by atoms with van der Waals surface area (Å²) in [6.07, 6.45) is 6.14. The first-order chi connectivity index (χ1) is 16.1. The van der Waals surface area contributed by atoms with Crippen LogP contribution in [0.4, 0.5) is 5.69 Å². The minimum absolute atomic E-state index is 0.309. The Hall–Kier alpha value is -2.73. The van der Waals surface area contributed by atoms with Gasteiger partial charge in [-0.15, -0.1) is 0 Å². The monoisotopic (exact) mass is 449 g/mol. The third-order valence-corrected chi connectivity index (χ3v) is 6.88. The van der Waals surface area contributed by atoms with E-state index in [9.17, 15) is 0 Å². The van der Waals surface area contributed by atoms with Crippen molar-refractivity contribution in [1.29, 1.82) is 0 Å². The molecule has 1 saturated carbocycles. The molecular weight excluding hydrogens is 414 g/mol. The third kappa shape index (κ3) is 4.29. The summed E-state index contributed by atoms with van der Waals surface area (Å²) in [5, 5.41) is 5.13. The van der Waals surface area contributed by atoms with Crippen LogP contribution in [0.15, 0.2) is 30.3 Å². The zero-order valence-corrected chi connectivity index (χ0v) is 20.3. The fourth-order valence-electron chi connectivity index (χ4n) is 5.07. The Morgan fingerprint density at radius 2 is 1.85 bits per heavy atom. The molecule has 0 spiro atoms. The maximum absolute atomic E-state index is 6.03. The van der Waals surface area contributed by atoms with Gasteiger partial charge in [0.2, 0.25) is 0 Å². The number of benzene rings is 1. The van der Waals surface area contributed by atoms with E-state index in [4.69, 9.17) is 19.3 Å². The minimum Gasteiger partial charge on any atom is -0.496 e. The normalized spacial score (nSPS) is 18.1. The summed E-state index contributed by atoms with van der Waals surface area (Å²) in [6.45, 7) is 7.15. The largest absolute Gasteiger partial charge is 0.496 e. The summed E-state index contributed by atoms with van der Waals surface area (Å²) < 4.78 is 19.7. The summed E-state index contributed by atoms with van der Waals surface area (Å²) in [7, 11) is 3.42. The van der Waals surface area contributed by atoms with Crippen LogP contribution in [-0.2, 0) is 11.2 Å². The number of nitrogens with zero attached hydrogens (tertiary/aromatic N) is 3. The molecule has 3 heterocycles. The molecule has 3 aromatic rings. The SMILES string of the molecule is CCc1nn2c(-c3c(OC)cc(C)cc3OC)cccc2c1N(CC1CC1)CC1CCCO1. The van der Waals surface area contributed by atoms with Crippen LogP contribution in [-0.4, -0.2) is 49.6 Å². The van der Waals surface area contributed by atoms with Gasteiger partial charge in [0.25, 0.3) is 0 Å². The molecule has 1 aliphatic heterocycles. The Bertz CT molecular complexity index is 1100. The fourth-order valence-corrected chi connectivity index (χ4v) is 5.07. The van der Waals surface area contributed by atoms with Crippen LogP contribution in [0, 0.1) is 12.8 Å². The van der Waals surface area contributed by atoms with E-state index in [1.165, 1.54) is 18.5 Å². The van der Waals surface area contributed by atoms with Crippen molar-refractivity contribution in [2.45, 2.75) is 52.1 Å². The van der Waals surface area contributed by atoms with Gasteiger partial charge < -0.3 is 19.1 Å². The number of hydrogen-bond donors (Lipinski definition) is 0. The lowest BCUT2D eigenvalue weighted by Gasteiger charge is -2.27. The van der Waals surface area contributed by atoms with E-state index in [0.717, 1.165) is 84.4 Å². The summed E-state index contributed by atoms with van der Waals surface area (Å²) in [6, 6.07) is 10.5. The number of fused-ring (bicyclic) bond motifs is 1. The van der Waals surface area contributed by atoms with Crippen LogP contribution in [0.3, 0.4) is 0 Å². The number of aromatic nitrogens is 2. The first kappa shape index (κ1) is 22.1. The summed E-state index contributed by atoms with van der Waals surface area (Å²) in [4.78, 5) is 2.56. The molecule has 0 N–H and O–H groups in total.